The highest BCUT2D eigenvalue weighted by molar-refractivity contribution is 6.33. The lowest BCUT2D eigenvalue weighted by Gasteiger charge is -2.34. The Hall–Kier alpha value is -2.74. The molecule has 0 spiro atoms. The summed E-state index contributed by atoms with van der Waals surface area (Å²) in [5, 5.41) is -0.0566. The van der Waals surface area contributed by atoms with Gasteiger partial charge in [0.15, 0.2) is 6.61 Å². The summed E-state index contributed by atoms with van der Waals surface area (Å²) in [6.45, 7) is 1.58. The van der Waals surface area contributed by atoms with Crippen molar-refractivity contribution in [1.29, 1.82) is 0 Å². The van der Waals surface area contributed by atoms with E-state index in [0.717, 1.165) is 6.07 Å². The van der Waals surface area contributed by atoms with Gasteiger partial charge in [-0.3, -0.25) is 4.79 Å². The minimum atomic E-state index is -0.960. The zero-order valence-corrected chi connectivity index (χ0v) is 14.5. The van der Waals surface area contributed by atoms with Crippen LogP contribution in [0, 0.1) is 5.82 Å². The van der Waals surface area contributed by atoms with Gasteiger partial charge in [-0.05, 0) is 18.2 Å². The summed E-state index contributed by atoms with van der Waals surface area (Å²) in [4.78, 5) is 36.1. The summed E-state index contributed by atoms with van der Waals surface area (Å²) in [6.07, 6.45) is 3.32. The van der Waals surface area contributed by atoms with E-state index in [0.29, 0.717) is 32.1 Å². The Balaban J connectivity index is 1.51. The Bertz CT molecular complexity index is 778. The number of nitrogens with zero attached hydrogens (tertiary/aromatic N) is 4. The van der Waals surface area contributed by atoms with E-state index in [1.54, 1.807) is 23.4 Å². The van der Waals surface area contributed by atoms with Crippen LogP contribution in [0.2, 0.25) is 5.02 Å². The standard InChI is InChI=1S/C17H16ClFN4O3/c18-12-3-1-4-13(19)15(12)16(25)26-11-14(24)22-7-9-23(10-8-22)17-20-5-2-6-21-17/h1-6H,7-11H2. The van der Waals surface area contributed by atoms with E-state index in [-0.39, 0.29) is 16.5 Å². The number of ether oxygens (including phenoxy) is 1. The van der Waals surface area contributed by atoms with Gasteiger partial charge in [-0.2, -0.15) is 0 Å². The number of hydrogen-bond donors (Lipinski definition) is 0. The van der Waals surface area contributed by atoms with Crippen molar-refractivity contribution in [3.8, 4) is 0 Å². The molecule has 0 atom stereocenters. The molecule has 1 saturated heterocycles. The summed E-state index contributed by atoms with van der Waals surface area (Å²) in [5.41, 5.74) is -0.368. The van der Waals surface area contributed by atoms with Crippen molar-refractivity contribution in [2.24, 2.45) is 0 Å². The SMILES string of the molecule is O=C(OCC(=O)N1CCN(c2ncccn2)CC1)c1c(F)cccc1Cl. The normalized spacial score (nSPS) is 14.2. The zero-order chi connectivity index (χ0) is 18.5. The highest BCUT2D eigenvalue weighted by Gasteiger charge is 2.24. The number of rotatable bonds is 4. The third-order valence-corrected chi connectivity index (χ3v) is 4.28. The number of hydrogen-bond acceptors (Lipinski definition) is 6. The predicted molar refractivity (Wildman–Crippen MR) is 92.5 cm³/mol. The smallest absolute Gasteiger partial charge is 0.343 e. The zero-order valence-electron chi connectivity index (χ0n) is 13.8. The minimum absolute atomic E-state index is 0.0566. The van der Waals surface area contributed by atoms with Gasteiger partial charge in [0.05, 0.1) is 5.02 Å². The lowest BCUT2D eigenvalue weighted by atomic mass is 10.2. The molecule has 1 aliphatic rings. The van der Waals surface area contributed by atoms with Crippen LogP contribution in [0.5, 0.6) is 0 Å². The minimum Gasteiger partial charge on any atom is -0.452 e. The number of halogens is 2. The molecule has 1 aromatic heterocycles. The van der Waals surface area contributed by atoms with Gasteiger partial charge in [0, 0.05) is 38.6 Å². The molecule has 0 aliphatic carbocycles. The van der Waals surface area contributed by atoms with Crippen LogP contribution in [-0.4, -0.2) is 59.5 Å². The van der Waals surface area contributed by atoms with Crippen molar-refractivity contribution < 1.29 is 18.7 Å². The summed E-state index contributed by atoms with van der Waals surface area (Å²) >= 11 is 5.81. The van der Waals surface area contributed by atoms with Crippen molar-refractivity contribution in [2.75, 3.05) is 37.7 Å². The summed E-state index contributed by atoms with van der Waals surface area (Å²) in [5.74, 6) is -1.48. The molecule has 0 unspecified atom stereocenters. The van der Waals surface area contributed by atoms with E-state index in [2.05, 4.69) is 9.97 Å². The largest absolute Gasteiger partial charge is 0.452 e. The Morgan fingerprint density at radius 2 is 1.81 bits per heavy atom. The van der Waals surface area contributed by atoms with Crippen molar-refractivity contribution in [3.63, 3.8) is 0 Å². The Morgan fingerprint density at radius 1 is 1.12 bits per heavy atom. The Morgan fingerprint density at radius 3 is 2.46 bits per heavy atom. The number of amides is 1. The number of benzene rings is 1. The maximum Gasteiger partial charge on any atom is 0.343 e. The van der Waals surface area contributed by atoms with E-state index in [9.17, 15) is 14.0 Å². The van der Waals surface area contributed by atoms with Crippen LogP contribution in [0.1, 0.15) is 10.4 Å². The molecule has 26 heavy (non-hydrogen) atoms. The number of esters is 1. The van der Waals surface area contributed by atoms with Gasteiger partial charge in [-0.1, -0.05) is 17.7 Å². The molecule has 1 fully saturated rings. The number of aromatic nitrogens is 2. The Labute approximate surface area is 154 Å². The highest BCUT2D eigenvalue weighted by Crippen LogP contribution is 2.20. The lowest BCUT2D eigenvalue weighted by Crippen LogP contribution is -2.50. The molecule has 1 aliphatic heterocycles. The molecule has 2 aromatic rings. The molecular weight excluding hydrogens is 363 g/mol. The van der Waals surface area contributed by atoms with E-state index in [1.807, 2.05) is 4.90 Å². The molecule has 0 bridgehead atoms. The molecule has 7 nitrogen and oxygen atoms in total. The second kappa shape index (κ2) is 8.09. The molecule has 9 heteroatoms. The third kappa shape index (κ3) is 4.08. The van der Waals surface area contributed by atoms with Crippen LogP contribution in [0.25, 0.3) is 0 Å². The second-order valence-corrected chi connectivity index (χ2v) is 6.00. The van der Waals surface area contributed by atoms with Crippen LogP contribution in [0.4, 0.5) is 10.3 Å². The van der Waals surface area contributed by atoms with Crippen molar-refractivity contribution in [3.05, 3.63) is 53.1 Å². The topological polar surface area (TPSA) is 75.6 Å². The molecular formula is C17H16ClFN4O3. The predicted octanol–water partition coefficient (Wildman–Crippen LogP) is 1.77. The number of carbonyl (C=O) groups excluding carboxylic acids is 2. The van der Waals surface area contributed by atoms with E-state index < -0.39 is 18.4 Å². The fourth-order valence-corrected chi connectivity index (χ4v) is 2.83. The monoisotopic (exact) mass is 378 g/mol. The second-order valence-electron chi connectivity index (χ2n) is 5.59. The first-order chi connectivity index (χ1) is 12.6. The summed E-state index contributed by atoms with van der Waals surface area (Å²) < 4.78 is 18.6. The highest BCUT2D eigenvalue weighted by atomic mass is 35.5. The van der Waals surface area contributed by atoms with Gasteiger partial charge in [0.2, 0.25) is 5.95 Å². The first-order valence-electron chi connectivity index (χ1n) is 7.97. The summed E-state index contributed by atoms with van der Waals surface area (Å²) in [6, 6.07) is 5.61. The molecule has 1 amide bonds. The lowest BCUT2D eigenvalue weighted by molar-refractivity contribution is -0.134. The van der Waals surface area contributed by atoms with Crippen molar-refractivity contribution >= 4 is 29.4 Å². The average Bonchev–Trinajstić information content (AvgIpc) is 2.67. The van der Waals surface area contributed by atoms with Crippen LogP contribution < -0.4 is 4.90 Å². The molecule has 0 radical (unpaired) electrons. The van der Waals surface area contributed by atoms with Crippen molar-refractivity contribution in [1.82, 2.24) is 14.9 Å². The van der Waals surface area contributed by atoms with Crippen LogP contribution in [0.15, 0.2) is 36.7 Å². The van der Waals surface area contributed by atoms with Crippen LogP contribution >= 0.6 is 11.6 Å². The molecule has 0 N–H and O–H groups in total. The quantitative estimate of drug-likeness (QED) is 0.755. The van der Waals surface area contributed by atoms with Gasteiger partial charge < -0.3 is 14.5 Å². The van der Waals surface area contributed by atoms with Gasteiger partial charge in [-0.15, -0.1) is 0 Å². The third-order valence-electron chi connectivity index (χ3n) is 3.96. The molecule has 2 heterocycles. The Kier molecular flexibility index (Phi) is 5.62. The summed E-state index contributed by atoms with van der Waals surface area (Å²) in [7, 11) is 0. The van der Waals surface area contributed by atoms with E-state index in [1.165, 1.54) is 12.1 Å². The molecule has 1 aromatic carbocycles. The van der Waals surface area contributed by atoms with Crippen LogP contribution in [0.3, 0.4) is 0 Å². The maximum atomic E-state index is 13.7. The first kappa shape index (κ1) is 18.1. The fraction of sp³-hybridized carbons (Fsp3) is 0.294. The maximum absolute atomic E-state index is 13.7. The number of anilines is 1. The van der Waals surface area contributed by atoms with Gasteiger partial charge >= 0.3 is 5.97 Å². The first-order valence-corrected chi connectivity index (χ1v) is 8.35. The van der Waals surface area contributed by atoms with Crippen LogP contribution in [-0.2, 0) is 9.53 Å². The van der Waals surface area contributed by atoms with Gasteiger partial charge in [-0.25, -0.2) is 19.2 Å². The fourth-order valence-electron chi connectivity index (χ4n) is 2.59. The van der Waals surface area contributed by atoms with Crippen molar-refractivity contribution in [2.45, 2.75) is 0 Å². The van der Waals surface area contributed by atoms with E-state index >= 15 is 0 Å². The number of piperazine rings is 1. The van der Waals surface area contributed by atoms with E-state index in [4.69, 9.17) is 16.3 Å². The molecule has 0 saturated carbocycles. The van der Waals surface area contributed by atoms with Gasteiger partial charge in [0.1, 0.15) is 11.4 Å². The van der Waals surface area contributed by atoms with Gasteiger partial charge in [0.25, 0.3) is 5.91 Å². The molecule has 3 rings (SSSR count). The average molecular weight is 379 g/mol. The number of carbonyl (C=O) groups is 2. The molecule has 136 valence electrons.